The van der Waals surface area contributed by atoms with Crippen LogP contribution in [-0.2, 0) is 14.4 Å². The first-order valence-electron chi connectivity index (χ1n) is 11.6. The number of hydrogen-bond donors (Lipinski definition) is 3. The summed E-state index contributed by atoms with van der Waals surface area (Å²) in [6, 6.07) is 4.77. The van der Waals surface area contributed by atoms with Crippen molar-refractivity contribution in [2.24, 2.45) is 11.8 Å². The number of halogens is 1. The molecular formula is C24H32ClN3O4S. The third-order valence-electron chi connectivity index (χ3n) is 7.58. The molecule has 1 spiro atoms. The van der Waals surface area contributed by atoms with E-state index in [0.29, 0.717) is 36.5 Å². The van der Waals surface area contributed by atoms with E-state index in [0.717, 1.165) is 18.4 Å². The van der Waals surface area contributed by atoms with Gasteiger partial charge in [-0.1, -0.05) is 23.7 Å². The topological polar surface area (TPSA) is 98.7 Å². The van der Waals surface area contributed by atoms with Gasteiger partial charge in [-0.2, -0.15) is 0 Å². The standard InChI is InChI=1S/C24H32ClN3O4S/c1-14-8-7-9-15(25)18(14)27-21(31)19-24-11-10-23(2,33-24)16(20(30)26-3)17(24)22(32)28(19)12-5-4-6-13-29/h7-9,16-17,19,29H,4-6,10-13H2,1-3H3,(H,26,30)(H,27,31)/t16-,17+,19?,23+,24?/m1/s1. The third kappa shape index (κ3) is 3.84. The number of nitrogens with one attached hydrogen (secondary N) is 2. The fraction of sp³-hybridized carbons (Fsp3) is 0.625. The van der Waals surface area contributed by atoms with Crippen LogP contribution >= 0.6 is 23.4 Å². The van der Waals surface area contributed by atoms with Crippen LogP contribution in [0.15, 0.2) is 18.2 Å². The number of aliphatic hydroxyl groups is 1. The Hall–Kier alpha value is -1.77. The molecule has 2 unspecified atom stereocenters. The molecule has 180 valence electrons. The van der Waals surface area contributed by atoms with Crippen molar-refractivity contribution in [1.29, 1.82) is 0 Å². The molecule has 1 aromatic rings. The van der Waals surface area contributed by atoms with Crippen LogP contribution in [0.3, 0.4) is 0 Å². The molecule has 3 saturated heterocycles. The number of fused-ring (bicyclic) bond motifs is 1. The molecule has 7 nitrogen and oxygen atoms in total. The minimum absolute atomic E-state index is 0.100. The number of aliphatic hydroxyl groups excluding tert-OH is 1. The molecule has 5 atom stereocenters. The van der Waals surface area contributed by atoms with Gasteiger partial charge in [0.2, 0.25) is 17.7 Å². The van der Waals surface area contributed by atoms with Gasteiger partial charge in [0.15, 0.2) is 0 Å². The molecule has 3 aliphatic rings. The SMILES string of the molecule is CNC(=O)[C@H]1[C@H]2C(=O)N(CCCCCO)C(C(=O)Nc3c(C)cccc3Cl)C23CC[C@]1(C)S3. The highest BCUT2D eigenvalue weighted by Crippen LogP contribution is 2.71. The first-order valence-corrected chi connectivity index (χ1v) is 12.8. The Kier molecular flexibility index (Phi) is 6.73. The summed E-state index contributed by atoms with van der Waals surface area (Å²) in [6.45, 7) is 4.46. The maximum Gasteiger partial charge on any atom is 0.248 e. The lowest BCUT2D eigenvalue weighted by molar-refractivity contribution is -0.140. The number of benzene rings is 1. The highest BCUT2D eigenvalue weighted by atomic mass is 35.5. The number of nitrogens with zero attached hydrogens (tertiary/aromatic N) is 1. The van der Waals surface area contributed by atoms with E-state index in [4.69, 9.17) is 16.7 Å². The number of para-hydroxylation sites is 1. The van der Waals surface area contributed by atoms with Crippen LogP contribution in [0.2, 0.25) is 5.02 Å². The number of rotatable bonds is 8. The lowest BCUT2D eigenvalue weighted by atomic mass is 9.66. The van der Waals surface area contributed by atoms with Gasteiger partial charge in [-0.25, -0.2) is 0 Å². The summed E-state index contributed by atoms with van der Waals surface area (Å²) < 4.78 is -1.01. The second kappa shape index (κ2) is 9.12. The number of unbranched alkanes of at least 4 members (excludes halogenated alkanes) is 2. The number of aryl methyl sites for hydroxylation is 1. The quantitative estimate of drug-likeness (QED) is 0.483. The number of carbonyl (C=O) groups is 3. The first kappa shape index (κ1) is 24.4. The Morgan fingerprint density at radius 2 is 2.00 bits per heavy atom. The summed E-state index contributed by atoms with van der Waals surface area (Å²) >= 11 is 8.03. The largest absolute Gasteiger partial charge is 0.396 e. The summed E-state index contributed by atoms with van der Waals surface area (Å²) in [6.07, 6.45) is 3.60. The van der Waals surface area contributed by atoms with E-state index in [1.165, 1.54) is 0 Å². The number of hydrogen-bond acceptors (Lipinski definition) is 5. The minimum atomic E-state index is -0.679. The van der Waals surface area contributed by atoms with Crippen molar-refractivity contribution in [2.75, 3.05) is 25.5 Å². The molecule has 3 amide bonds. The zero-order valence-electron chi connectivity index (χ0n) is 19.3. The van der Waals surface area contributed by atoms with Crippen molar-refractivity contribution >= 4 is 46.8 Å². The molecule has 0 aliphatic carbocycles. The number of amides is 3. The predicted molar refractivity (Wildman–Crippen MR) is 130 cm³/mol. The zero-order valence-corrected chi connectivity index (χ0v) is 20.9. The van der Waals surface area contributed by atoms with Crippen molar-refractivity contribution in [1.82, 2.24) is 10.2 Å². The van der Waals surface area contributed by atoms with E-state index in [2.05, 4.69) is 17.6 Å². The number of likely N-dealkylation sites (tertiary alicyclic amines) is 1. The van der Waals surface area contributed by atoms with Gasteiger partial charge >= 0.3 is 0 Å². The molecular weight excluding hydrogens is 462 g/mol. The maximum absolute atomic E-state index is 13.8. The summed E-state index contributed by atoms with van der Waals surface area (Å²) in [4.78, 5) is 42.2. The molecule has 9 heteroatoms. The fourth-order valence-corrected chi connectivity index (χ4v) is 8.70. The molecule has 3 N–H and O–H groups in total. The van der Waals surface area contributed by atoms with Crippen LogP contribution in [-0.4, -0.2) is 63.5 Å². The van der Waals surface area contributed by atoms with Gasteiger partial charge in [0.25, 0.3) is 0 Å². The van der Waals surface area contributed by atoms with Gasteiger partial charge in [0.1, 0.15) is 6.04 Å². The predicted octanol–water partition coefficient (Wildman–Crippen LogP) is 2.98. The van der Waals surface area contributed by atoms with Crippen LogP contribution in [0.1, 0.15) is 44.6 Å². The van der Waals surface area contributed by atoms with Crippen molar-refractivity contribution in [3.05, 3.63) is 28.8 Å². The maximum atomic E-state index is 13.8. The van der Waals surface area contributed by atoms with Gasteiger partial charge < -0.3 is 20.6 Å². The average Bonchev–Trinajstić information content (AvgIpc) is 3.34. The van der Waals surface area contributed by atoms with Gasteiger partial charge in [-0.05, 0) is 57.6 Å². The van der Waals surface area contributed by atoms with Crippen LogP contribution in [0, 0.1) is 18.8 Å². The monoisotopic (exact) mass is 493 g/mol. The smallest absolute Gasteiger partial charge is 0.248 e. The number of carbonyl (C=O) groups excluding carboxylic acids is 3. The molecule has 3 heterocycles. The van der Waals surface area contributed by atoms with Crippen LogP contribution in [0.25, 0.3) is 0 Å². The summed E-state index contributed by atoms with van der Waals surface area (Å²) in [5.74, 6) is -1.48. The molecule has 0 radical (unpaired) electrons. The molecule has 0 saturated carbocycles. The Balaban J connectivity index is 1.71. The van der Waals surface area contributed by atoms with Gasteiger partial charge in [0, 0.05) is 24.9 Å². The molecule has 2 bridgehead atoms. The number of thioether (sulfide) groups is 1. The van der Waals surface area contributed by atoms with Gasteiger partial charge in [0.05, 0.1) is 27.3 Å². The van der Waals surface area contributed by atoms with E-state index in [-0.39, 0.29) is 29.1 Å². The number of anilines is 1. The zero-order chi connectivity index (χ0) is 24.0. The van der Waals surface area contributed by atoms with Crippen molar-refractivity contribution in [2.45, 2.75) is 61.5 Å². The molecule has 3 fully saturated rings. The Morgan fingerprint density at radius 3 is 2.67 bits per heavy atom. The second-order valence-corrected chi connectivity index (χ2v) is 11.9. The highest BCUT2D eigenvalue weighted by Gasteiger charge is 2.76. The lowest BCUT2D eigenvalue weighted by Crippen LogP contribution is -2.52. The second-order valence-electron chi connectivity index (χ2n) is 9.58. The molecule has 33 heavy (non-hydrogen) atoms. The Labute approximate surface area is 204 Å². The summed E-state index contributed by atoms with van der Waals surface area (Å²) in [5.41, 5.74) is 1.41. The van der Waals surface area contributed by atoms with E-state index in [9.17, 15) is 14.4 Å². The molecule has 3 aliphatic heterocycles. The fourth-order valence-electron chi connectivity index (χ4n) is 6.08. The molecule has 4 rings (SSSR count). The van der Waals surface area contributed by atoms with Crippen LogP contribution in [0.4, 0.5) is 5.69 Å². The highest BCUT2D eigenvalue weighted by molar-refractivity contribution is 8.02. The van der Waals surface area contributed by atoms with E-state index < -0.39 is 22.6 Å². The van der Waals surface area contributed by atoms with E-state index in [1.54, 1.807) is 29.8 Å². The molecule has 0 aromatic heterocycles. The van der Waals surface area contributed by atoms with Crippen molar-refractivity contribution in [3.8, 4) is 0 Å². The Morgan fingerprint density at radius 1 is 1.24 bits per heavy atom. The summed E-state index contributed by atoms with van der Waals surface area (Å²) in [7, 11) is 1.60. The van der Waals surface area contributed by atoms with Crippen molar-refractivity contribution in [3.63, 3.8) is 0 Å². The van der Waals surface area contributed by atoms with E-state index in [1.807, 2.05) is 19.1 Å². The normalized spacial score (nSPS) is 32.2. The average molecular weight is 494 g/mol. The lowest BCUT2D eigenvalue weighted by Gasteiger charge is -2.34. The summed E-state index contributed by atoms with van der Waals surface area (Å²) in [5, 5.41) is 15.3. The van der Waals surface area contributed by atoms with Gasteiger partial charge in [-0.15, -0.1) is 11.8 Å². The van der Waals surface area contributed by atoms with Crippen LogP contribution < -0.4 is 10.6 Å². The van der Waals surface area contributed by atoms with Gasteiger partial charge in [-0.3, -0.25) is 14.4 Å². The van der Waals surface area contributed by atoms with E-state index >= 15 is 0 Å². The Bertz CT molecular complexity index is 955. The first-order chi connectivity index (χ1) is 15.7. The molecule has 1 aromatic carbocycles. The van der Waals surface area contributed by atoms with Crippen LogP contribution in [0.5, 0.6) is 0 Å². The minimum Gasteiger partial charge on any atom is -0.396 e. The third-order valence-corrected chi connectivity index (χ3v) is 9.88. The van der Waals surface area contributed by atoms with Crippen molar-refractivity contribution < 1.29 is 19.5 Å².